The lowest BCUT2D eigenvalue weighted by atomic mass is 9.79. The second kappa shape index (κ2) is 7.43. The van der Waals surface area contributed by atoms with Gasteiger partial charge in [-0.1, -0.05) is 25.7 Å². The largest absolute Gasteiger partial charge is 0.377 e. The van der Waals surface area contributed by atoms with Crippen LogP contribution in [0, 0.1) is 5.41 Å². The Balaban J connectivity index is 1.61. The number of ether oxygens (including phenoxy) is 1. The average Bonchev–Trinajstić information content (AvgIpc) is 3.28. The highest BCUT2D eigenvalue weighted by Crippen LogP contribution is 2.36. The Morgan fingerprint density at radius 1 is 1.10 bits per heavy atom. The lowest BCUT2D eigenvalue weighted by Crippen LogP contribution is -2.46. The molecule has 0 bridgehead atoms. The number of hydrogen-bond acceptors (Lipinski definition) is 3. The second-order valence-corrected chi connectivity index (χ2v) is 7.84. The average molecular weight is 294 g/mol. The van der Waals surface area contributed by atoms with Crippen LogP contribution in [0.5, 0.6) is 0 Å². The quantitative estimate of drug-likeness (QED) is 0.788. The van der Waals surface area contributed by atoms with Crippen LogP contribution in [0.1, 0.15) is 64.7 Å². The lowest BCUT2D eigenvalue weighted by Gasteiger charge is -2.38. The zero-order valence-electron chi connectivity index (χ0n) is 13.9. The molecule has 1 unspecified atom stereocenters. The lowest BCUT2D eigenvalue weighted by molar-refractivity contribution is 0.0560. The van der Waals surface area contributed by atoms with Gasteiger partial charge in [-0.05, 0) is 44.4 Å². The van der Waals surface area contributed by atoms with Gasteiger partial charge in [0.2, 0.25) is 0 Å². The third-order valence-electron chi connectivity index (χ3n) is 5.60. The first-order valence-electron chi connectivity index (χ1n) is 9.33. The van der Waals surface area contributed by atoms with Crippen LogP contribution in [0.3, 0.4) is 0 Å². The zero-order valence-corrected chi connectivity index (χ0v) is 13.9. The summed E-state index contributed by atoms with van der Waals surface area (Å²) in [6.07, 6.45) is 13.1. The summed E-state index contributed by atoms with van der Waals surface area (Å²) in [7, 11) is 0. The van der Waals surface area contributed by atoms with E-state index in [1.54, 1.807) is 0 Å². The maximum absolute atomic E-state index is 5.83. The van der Waals surface area contributed by atoms with Crippen molar-refractivity contribution in [1.82, 2.24) is 10.2 Å². The smallest absolute Gasteiger partial charge is 0.0673 e. The van der Waals surface area contributed by atoms with Gasteiger partial charge in [0.25, 0.3) is 0 Å². The number of nitrogens with one attached hydrogen (secondary N) is 1. The molecule has 0 aromatic heterocycles. The first-order chi connectivity index (χ1) is 10.3. The maximum Gasteiger partial charge on any atom is 0.0673 e. The fourth-order valence-corrected chi connectivity index (χ4v) is 4.22. The highest BCUT2D eigenvalue weighted by molar-refractivity contribution is 4.91. The minimum Gasteiger partial charge on any atom is -0.377 e. The van der Waals surface area contributed by atoms with Gasteiger partial charge < -0.3 is 15.0 Å². The van der Waals surface area contributed by atoms with E-state index < -0.39 is 0 Å². The molecule has 3 nitrogen and oxygen atoms in total. The standard InChI is InChI=1S/C18H34N2O/c1-16-13-20(11-6-12-21-16)15-18(14-19-17-7-8-17)9-4-2-3-5-10-18/h16-17,19H,2-15H2,1H3. The molecule has 1 heterocycles. The van der Waals surface area contributed by atoms with E-state index in [1.165, 1.54) is 77.4 Å². The highest BCUT2D eigenvalue weighted by atomic mass is 16.5. The molecule has 1 N–H and O–H groups in total. The van der Waals surface area contributed by atoms with Crippen molar-refractivity contribution in [3.63, 3.8) is 0 Å². The summed E-state index contributed by atoms with van der Waals surface area (Å²) in [6, 6.07) is 0.844. The van der Waals surface area contributed by atoms with Crippen LogP contribution >= 0.6 is 0 Å². The van der Waals surface area contributed by atoms with Crippen LogP contribution in [0.4, 0.5) is 0 Å². The molecule has 2 aliphatic carbocycles. The molecular weight excluding hydrogens is 260 g/mol. The summed E-state index contributed by atoms with van der Waals surface area (Å²) < 4.78 is 5.83. The van der Waals surface area contributed by atoms with Gasteiger partial charge >= 0.3 is 0 Å². The number of nitrogens with zero attached hydrogens (tertiary/aromatic N) is 1. The summed E-state index contributed by atoms with van der Waals surface area (Å²) in [4.78, 5) is 2.71. The van der Waals surface area contributed by atoms with Crippen LogP contribution in [0.15, 0.2) is 0 Å². The summed E-state index contributed by atoms with van der Waals surface area (Å²) >= 11 is 0. The highest BCUT2D eigenvalue weighted by Gasteiger charge is 2.35. The fraction of sp³-hybridized carbons (Fsp3) is 1.00. The molecule has 1 aliphatic heterocycles. The monoisotopic (exact) mass is 294 g/mol. The molecule has 3 rings (SSSR count). The molecule has 1 saturated heterocycles. The molecular formula is C18H34N2O. The van der Waals surface area contributed by atoms with Crippen LogP contribution in [0.25, 0.3) is 0 Å². The molecule has 0 spiro atoms. The first kappa shape index (κ1) is 15.8. The van der Waals surface area contributed by atoms with Gasteiger partial charge in [-0.25, -0.2) is 0 Å². The summed E-state index contributed by atoms with van der Waals surface area (Å²) in [5.74, 6) is 0. The van der Waals surface area contributed by atoms with Crippen molar-refractivity contribution in [2.75, 3.05) is 32.8 Å². The molecule has 3 aliphatic rings. The van der Waals surface area contributed by atoms with E-state index in [9.17, 15) is 0 Å². The van der Waals surface area contributed by atoms with Crippen molar-refractivity contribution in [2.24, 2.45) is 5.41 Å². The van der Waals surface area contributed by atoms with E-state index in [0.29, 0.717) is 11.5 Å². The Labute approximate surface area is 130 Å². The summed E-state index contributed by atoms with van der Waals surface area (Å²) in [6.45, 7) is 8.09. The minimum atomic E-state index is 0.409. The van der Waals surface area contributed by atoms with Gasteiger partial charge in [0, 0.05) is 38.8 Å². The van der Waals surface area contributed by atoms with Crippen LogP contribution in [-0.2, 0) is 4.74 Å². The Hall–Kier alpha value is -0.120. The molecule has 1 atom stereocenters. The fourth-order valence-electron chi connectivity index (χ4n) is 4.22. The zero-order chi connectivity index (χ0) is 14.5. The normalized spacial score (nSPS) is 31.6. The maximum atomic E-state index is 5.83. The van der Waals surface area contributed by atoms with Gasteiger partial charge in [0.1, 0.15) is 0 Å². The molecule has 21 heavy (non-hydrogen) atoms. The van der Waals surface area contributed by atoms with Gasteiger partial charge in [-0.15, -0.1) is 0 Å². The van der Waals surface area contributed by atoms with Gasteiger partial charge in [-0.2, -0.15) is 0 Å². The minimum absolute atomic E-state index is 0.409. The molecule has 0 amide bonds. The Morgan fingerprint density at radius 2 is 1.86 bits per heavy atom. The van der Waals surface area contributed by atoms with E-state index >= 15 is 0 Å². The third-order valence-corrected chi connectivity index (χ3v) is 5.60. The predicted molar refractivity (Wildman–Crippen MR) is 87.6 cm³/mol. The van der Waals surface area contributed by atoms with Crippen molar-refractivity contribution in [1.29, 1.82) is 0 Å². The molecule has 0 radical (unpaired) electrons. The molecule has 0 aromatic rings. The summed E-state index contributed by atoms with van der Waals surface area (Å²) in [5, 5.41) is 3.85. The Kier molecular flexibility index (Phi) is 5.58. The molecule has 2 saturated carbocycles. The predicted octanol–water partition coefficient (Wildman–Crippen LogP) is 3.19. The molecule has 3 fully saturated rings. The summed E-state index contributed by atoms with van der Waals surface area (Å²) in [5.41, 5.74) is 0.531. The van der Waals surface area contributed by atoms with Crippen LogP contribution in [0.2, 0.25) is 0 Å². The third kappa shape index (κ3) is 4.94. The van der Waals surface area contributed by atoms with Crippen molar-refractivity contribution < 1.29 is 4.74 Å². The van der Waals surface area contributed by atoms with Crippen molar-refractivity contribution in [3.05, 3.63) is 0 Å². The van der Waals surface area contributed by atoms with E-state index in [1.807, 2.05) is 0 Å². The Bertz CT molecular complexity index is 308. The van der Waals surface area contributed by atoms with Crippen LogP contribution in [-0.4, -0.2) is 49.8 Å². The van der Waals surface area contributed by atoms with Gasteiger partial charge in [0.05, 0.1) is 6.10 Å². The first-order valence-corrected chi connectivity index (χ1v) is 9.33. The van der Waals surface area contributed by atoms with Crippen LogP contribution < -0.4 is 5.32 Å². The van der Waals surface area contributed by atoms with Gasteiger partial charge in [-0.3, -0.25) is 0 Å². The number of rotatable bonds is 5. The SMILES string of the molecule is CC1CN(CC2(CNC3CC3)CCCCCC2)CCCO1. The van der Waals surface area contributed by atoms with E-state index in [-0.39, 0.29) is 0 Å². The van der Waals surface area contributed by atoms with E-state index in [0.717, 1.165) is 19.2 Å². The molecule has 3 heteroatoms. The Morgan fingerprint density at radius 3 is 2.57 bits per heavy atom. The van der Waals surface area contributed by atoms with Crippen molar-refractivity contribution >= 4 is 0 Å². The molecule has 0 aromatic carbocycles. The van der Waals surface area contributed by atoms with Crippen molar-refractivity contribution in [3.8, 4) is 0 Å². The second-order valence-electron chi connectivity index (χ2n) is 7.84. The van der Waals surface area contributed by atoms with Crippen molar-refractivity contribution in [2.45, 2.75) is 76.9 Å². The van der Waals surface area contributed by atoms with Gasteiger partial charge in [0.15, 0.2) is 0 Å². The molecule has 122 valence electrons. The topological polar surface area (TPSA) is 24.5 Å². The number of hydrogen-bond donors (Lipinski definition) is 1. The van der Waals surface area contributed by atoms with E-state index in [4.69, 9.17) is 4.74 Å². The van der Waals surface area contributed by atoms with E-state index in [2.05, 4.69) is 17.1 Å².